The van der Waals surface area contributed by atoms with Crippen LogP contribution in [0.15, 0.2) is 24.3 Å². The van der Waals surface area contributed by atoms with Gasteiger partial charge in [0.05, 0.1) is 17.8 Å². The van der Waals surface area contributed by atoms with Crippen LogP contribution in [0.3, 0.4) is 0 Å². The predicted octanol–water partition coefficient (Wildman–Crippen LogP) is 5.49. The van der Waals surface area contributed by atoms with Gasteiger partial charge in [-0.1, -0.05) is 52.0 Å². The lowest BCUT2D eigenvalue weighted by Crippen LogP contribution is -2.25. The molecule has 0 saturated heterocycles. The Kier molecular flexibility index (Phi) is 15.4. The van der Waals surface area contributed by atoms with Crippen LogP contribution >= 0.6 is 11.8 Å². The van der Waals surface area contributed by atoms with Crippen LogP contribution in [0.5, 0.6) is 0 Å². The third kappa shape index (κ3) is 12.7. The number of rotatable bonds is 17. The largest absolute Gasteiger partial charge is 0.396 e. The Hall–Kier alpha value is -0.290. The topological polar surface area (TPSA) is 60.7 Å². The predicted molar refractivity (Wildman–Crippen MR) is 120 cm³/mol. The summed E-state index contributed by atoms with van der Waals surface area (Å²) in [7, 11) is 0. The average molecular weight is 401 g/mol. The molecule has 0 amide bonds. The maximum atomic E-state index is 10.4. The van der Waals surface area contributed by atoms with Gasteiger partial charge in [-0.25, -0.2) is 0 Å². The normalized spacial score (nSPS) is 14.5. The first-order valence-electron chi connectivity index (χ1n) is 10.8. The molecular weight excluding hydrogens is 356 g/mol. The number of allylic oxidation sites excluding steroid dienone is 2. The van der Waals surface area contributed by atoms with Crippen molar-refractivity contribution < 1.29 is 15.3 Å². The van der Waals surface area contributed by atoms with Crippen LogP contribution in [0.25, 0.3) is 0 Å². The molecule has 0 saturated carbocycles. The van der Waals surface area contributed by atoms with Crippen LogP contribution in [-0.2, 0) is 0 Å². The van der Waals surface area contributed by atoms with Crippen molar-refractivity contribution in [2.24, 2.45) is 5.92 Å². The minimum Gasteiger partial charge on any atom is -0.396 e. The number of thioether (sulfide) groups is 1. The summed E-state index contributed by atoms with van der Waals surface area (Å²) in [6.45, 7) is 8.37. The summed E-state index contributed by atoms with van der Waals surface area (Å²) in [4.78, 5) is 0. The quantitative estimate of drug-likeness (QED) is 0.223. The summed E-state index contributed by atoms with van der Waals surface area (Å²) in [6, 6.07) is 0. The maximum absolute atomic E-state index is 10.4. The smallest absolute Gasteiger partial charge is 0.0822 e. The minimum absolute atomic E-state index is 0.247. The van der Waals surface area contributed by atoms with Gasteiger partial charge in [0.1, 0.15) is 0 Å². The molecule has 0 aliphatic rings. The van der Waals surface area contributed by atoms with Gasteiger partial charge >= 0.3 is 0 Å². The van der Waals surface area contributed by atoms with Crippen LogP contribution in [0.1, 0.15) is 85.5 Å². The Balaban J connectivity index is 4.53. The molecule has 0 spiro atoms. The fourth-order valence-electron chi connectivity index (χ4n) is 3.05. The molecule has 0 fully saturated rings. The first-order valence-corrected chi connectivity index (χ1v) is 12.0. The zero-order valence-electron chi connectivity index (χ0n) is 18.1. The lowest BCUT2D eigenvalue weighted by Gasteiger charge is -2.23. The Morgan fingerprint density at radius 1 is 0.852 bits per heavy atom. The van der Waals surface area contributed by atoms with E-state index in [1.54, 1.807) is 0 Å². The van der Waals surface area contributed by atoms with Gasteiger partial charge in [0.15, 0.2) is 0 Å². The molecule has 1 atom stereocenters. The molecule has 27 heavy (non-hydrogen) atoms. The summed E-state index contributed by atoms with van der Waals surface area (Å²) in [5.41, 5.74) is -1.21. The summed E-state index contributed by atoms with van der Waals surface area (Å²) < 4.78 is 0. The molecule has 0 bridgehead atoms. The van der Waals surface area contributed by atoms with Gasteiger partial charge < -0.3 is 15.3 Å². The Morgan fingerprint density at radius 2 is 1.52 bits per heavy atom. The van der Waals surface area contributed by atoms with E-state index in [9.17, 15) is 10.2 Å². The molecule has 0 heterocycles. The highest BCUT2D eigenvalue weighted by Gasteiger charge is 2.20. The zero-order valence-corrected chi connectivity index (χ0v) is 18.9. The number of aliphatic hydroxyl groups excluding tert-OH is 1. The summed E-state index contributed by atoms with van der Waals surface area (Å²) in [5.74, 6) is 2.48. The fraction of sp³-hybridized carbons (Fsp3) is 0.826. The van der Waals surface area contributed by atoms with E-state index in [1.807, 2.05) is 45.5 Å². The van der Waals surface area contributed by atoms with Crippen molar-refractivity contribution >= 4 is 11.8 Å². The molecule has 160 valence electrons. The lowest BCUT2D eigenvalue weighted by atomic mass is 9.91. The molecule has 3 nitrogen and oxygen atoms in total. The van der Waals surface area contributed by atoms with Crippen molar-refractivity contribution in [1.29, 1.82) is 0 Å². The standard InChI is InChI=1S/C23H44O3S/c1-5-22(25,6-2)16-11-9-13-21(15-19-27-20-18-24)14-10-12-17-23(26,7-3)8-4/h9,11-12,17,21,24-26H,5-8,10,13-16,18-20H2,1-4H3/b11-9+,17-12+. The van der Waals surface area contributed by atoms with E-state index in [0.717, 1.165) is 69.3 Å². The monoisotopic (exact) mass is 400 g/mol. The van der Waals surface area contributed by atoms with E-state index < -0.39 is 11.2 Å². The van der Waals surface area contributed by atoms with Crippen molar-refractivity contribution in [1.82, 2.24) is 0 Å². The molecule has 1 unspecified atom stereocenters. The van der Waals surface area contributed by atoms with E-state index in [4.69, 9.17) is 5.11 Å². The highest BCUT2D eigenvalue weighted by Crippen LogP contribution is 2.23. The van der Waals surface area contributed by atoms with Crippen molar-refractivity contribution in [3.63, 3.8) is 0 Å². The molecule has 0 radical (unpaired) electrons. The van der Waals surface area contributed by atoms with Crippen molar-refractivity contribution in [2.45, 2.75) is 96.7 Å². The molecule has 3 N–H and O–H groups in total. The van der Waals surface area contributed by atoms with Crippen LogP contribution in [0, 0.1) is 5.92 Å². The van der Waals surface area contributed by atoms with Gasteiger partial charge in [0.25, 0.3) is 0 Å². The van der Waals surface area contributed by atoms with Crippen molar-refractivity contribution in [3.8, 4) is 0 Å². The van der Waals surface area contributed by atoms with E-state index in [1.165, 1.54) is 0 Å². The van der Waals surface area contributed by atoms with Gasteiger partial charge in [0, 0.05) is 5.75 Å². The van der Waals surface area contributed by atoms with Gasteiger partial charge in [-0.15, -0.1) is 0 Å². The third-order valence-electron chi connectivity index (χ3n) is 5.75. The van der Waals surface area contributed by atoms with Crippen molar-refractivity contribution in [3.05, 3.63) is 24.3 Å². The zero-order chi connectivity index (χ0) is 20.6. The highest BCUT2D eigenvalue weighted by atomic mass is 32.2. The SMILES string of the molecule is CCC(O)(/C=C/CCC(C/C=C/CC(O)(CC)CC)CCSCCO)CC. The third-order valence-corrected chi connectivity index (χ3v) is 6.75. The first-order chi connectivity index (χ1) is 12.9. The second-order valence-electron chi connectivity index (χ2n) is 7.62. The summed E-state index contributed by atoms with van der Waals surface area (Å²) >= 11 is 1.81. The molecule has 0 aliphatic carbocycles. The van der Waals surface area contributed by atoms with E-state index in [0.29, 0.717) is 5.92 Å². The molecule has 0 rings (SSSR count). The molecular formula is C23H44O3S. The van der Waals surface area contributed by atoms with Crippen LogP contribution in [0.2, 0.25) is 0 Å². The molecule has 0 aliphatic heterocycles. The van der Waals surface area contributed by atoms with Crippen LogP contribution in [-0.4, -0.2) is 44.6 Å². The fourth-order valence-corrected chi connectivity index (χ4v) is 3.88. The van der Waals surface area contributed by atoms with E-state index in [-0.39, 0.29) is 6.61 Å². The van der Waals surface area contributed by atoms with Gasteiger partial charge in [0.2, 0.25) is 0 Å². The van der Waals surface area contributed by atoms with E-state index >= 15 is 0 Å². The molecule has 4 heteroatoms. The number of hydrogen-bond donors (Lipinski definition) is 3. The van der Waals surface area contributed by atoms with Crippen LogP contribution in [0.4, 0.5) is 0 Å². The van der Waals surface area contributed by atoms with Crippen molar-refractivity contribution in [2.75, 3.05) is 18.1 Å². The Bertz CT molecular complexity index is 398. The molecule has 0 aromatic carbocycles. The van der Waals surface area contributed by atoms with Gasteiger partial charge in [-0.3, -0.25) is 0 Å². The average Bonchev–Trinajstić information content (AvgIpc) is 2.70. The van der Waals surface area contributed by atoms with Gasteiger partial charge in [-0.2, -0.15) is 11.8 Å². The second-order valence-corrected chi connectivity index (χ2v) is 8.85. The first kappa shape index (κ1) is 26.7. The Labute approximate surface area is 172 Å². The minimum atomic E-state index is -0.656. The number of hydrogen-bond acceptors (Lipinski definition) is 4. The van der Waals surface area contributed by atoms with E-state index in [2.05, 4.69) is 18.2 Å². The number of aliphatic hydroxyl groups is 3. The second kappa shape index (κ2) is 15.6. The van der Waals surface area contributed by atoms with Gasteiger partial charge in [-0.05, 0) is 69.5 Å². The maximum Gasteiger partial charge on any atom is 0.0822 e. The highest BCUT2D eigenvalue weighted by molar-refractivity contribution is 7.99. The molecule has 0 aromatic rings. The van der Waals surface area contributed by atoms with Crippen LogP contribution < -0.4 is 0 Å². The lowest BCUT2D eigenvalue weighted by molar-refractivity contribution is 0.0352. The Morgan fingerprint density at radius 3 is 2.07 bits per heavy atom. The summed E-state index contributed by atoms with van der Waals surface area (Å²) in [5, 5.41) is 29.7. The molecule has 0 aromatic heterocycles. The summed E-state index contributed by atoms with van der Waals surface area (Å²) in [6.07, 6.45) is 16.6.